The third-order valence-corrected chi connectivity index (χ3v) is 3.65. The van der Waals surface area contributed by atoms with Gasteiger partial charge in [0.15, 0.2) is 0 Å². The van der Waals surface area contributed by atoms with Crippen LogP contribution in [0.3, 0.4) is 0 Å². The highest BCUT2D eigenvalue weighted by Crippen LogP contribution is 2.25. The lowest BCUT2D eigenvalue weighted by molar-refractivity contribution is 0.0267. The van der Waals surface area contributed by atoms with Crippen LogP contribution in [0, 0.1) is 0 Å². The van der Waals surface area contributed by atoms with Gasteiger partial charge in [0.25, 0.3) is 5.91 Å². The minimum Gasteiger partial charge on any atom is -0.452 e. The second-order valence-electron chi connectivity index (χ2n) is 4.44. The van der Waals surface area contributed by atoms with Crippen LogP contribution in [0.5, 0.6) is 0 Å². The first-order valence-corrected chi connectivity index (χ1v) is 6.17. The van der Waals surface area contributed by atoms with Crippen molar-refractivity contribution in [1.82, 2.24) is 4.90 Å². The molecule has 94 valence electrons. The molecule has 0 spiro atoms. The van der Waals surface area contributed by atoms with E-state index in [2.05, 4.69) is 0 Å². The average Bonchev–Trinajstić information content (AvgIpc) is 2.74. The molecule has 2 unspecified atom stereocenters. The molecule has 0 bridgehead atoms. The molecule has 1 aromatic heterocycles. The van der Waals surface area contributed by atoms with Gasteiger partial charge in [-0.25, -0.2) is 0 Å². The summed E-state index contributed by atoms with van der Waals surface area (Å²) in [5, 5.41) is 10.0. The fraction of sp³-hybridized carbons (Fsp3) is 0.583. The molecule has 1 aliphatic rings. The van der Waals surface area contributed by atoms with E-state index in [1.807, 2.05) is 0 Å². The number of likely N-dealkylation sites (N-methyl/N-ethyl adjacent to an activating group) is 1. The molecule has 0 aliphatic heterocycles. The molecule has 4 nitrogen and oxygen atoms in total. The number of nitrogens with zero attached hydrogens (tertiary/aromatic N) is 1. The van der Waals surface area contributed by atoms with Crippen LogP contribution >= 0.6 is 11.6 Å². The van der Waals surface area contributed by atoms with Crippen molar-refractivity contribution in [2.45, 2.75) is 37.8 Å². The summed E-state index contributed by atoms with van der Waals surface area (Å²) in [7, 11) is 1.70. The maximum Gasteiger partial charge on any atom is 0.258 e. The Morgan fingerprint density at radius 1 is 1.53 bits per heavy atom. The van der Waals surface area contributed by atoms with E-state index in [4.69, 9.17) is 16.0 Å². The first-order chi connectivity index (χ1) is 8.11. The molecule has 1 fully saturated rings. The second kappa shape index (κ2) is 5.10. The molecular formula is C12H16ClNO3. The topological polar surface area (TPSA) is 53.7 Å². The predicted molar refractivity (Wildman–Crippen MR) is 64.1 cm³/mol. The average molecular weight is 258 g/mol. The van der Waals surface area contributed by atoms with Gasteiger partial charge >= 0.3 is 0 Å². The maximum absolute atomic E-state index is 12.1. The van der Waals surface area contributed by atoms with E-state index in [-0.39, 0.29) is 17.2 Å². The number of halogens is 1. The van der Waals surface area contributed by atoms with E-state index in [1.165, 1.54) is 6.26 Å². The lowest BCUT2D eigenvalue weighted by Crippen LogP contribution is -2.46. The Labute approximate surface area is 105 Å². The van der Waals surface area contributed by atoms with Crippen molar-refractivity contribution in [1.29, 1.82) is 0 Å². The highest BCUT2D eigenvalue weighted by Gasteiger charge is 2.30. The van der Waals surface area contributed by atoms with Crippen LogP contribution in [0.2, 0.25) is 5.22 Å². The molecule has 1 N–H and O–H groups in total. The highest BCUT2D eigenvalue weighted by molar-refractivity contribution is 6.32. The standard InChI is InChI=1S/C12H16ClNO3/c1-14(9-4-2-3-5-10(9)15)12(16)8-6-7-17-11(8)13/h6-7,9-10,15H,2-5H2,1H3. The van der Waals surface area contributed by atoms with Crippen LogP contribution in [0.15, 0.2) is 16.7 Å². The van der Waals surface area contributed by atoms with Crippen molar-refractivity contribution >= 4 is 17.5 Å². The molecule has 1 amide bonds. The van der Waals surface area contributed by atoms with Crippen molar-refractivity contribution in [3.8, 4) is 0 Å². The third-order valence-electron chi connectivity index (χ3n) is 3.36. The molecule has 0 saturated heterocycles. The molecule has 5 heteroatoms. The molecule has 2 atom stereocenters. The van der Waals surface area contributed by atoms with Crippen LogP contribution in [0.4, 0.5) is 0 Å². The van der Waals surface area contributed by atoms with Gasteiger partial charge in [-0.1, -0.05) is 12.8 Å². The van der Waals surface area contributed by atoms with Crippen molar-refractivity contribution in [3.05, 3.63) is 23.1 Å². The first kappa shape index (κ1) is 12.5. The summed E-state index contributed by atoms with van der Waals surface area (Å²) in [6.45, 7) is 0. The molecule has 1 aromatic rings. The number of aliphatic hydroxyl groups excluding tert-OH is 1. The number of aliphatic hydroxyl groups is 1. The van der Waals surface area contributed by atoms with Gasteiger partial charge in [-0.2, -0.15) is 0 Å². The quantitative estimate of drug-likeness (QED) is 0.885. The minimum atomic E-state index is -0.441. The van der Waals surface area contributed by atoms with Crippen molar-refractivity contribution < 1.29 is 14.3 Å². The van der Waals surface area contributed by atoms with E-state index in [0.29, 0.717) is 5.56 Å². The van der Waals surface area contributed by atoms with Gasteiger partial charge in [0.05, 0.1) is 24.0 Å². The lowest BCUT2D eigenvalue weighted by atomic mass is 9.91. The number of hydrogen-bond donors (Lipinski definition) is 1. The predicted octanol–water partition coefficient (Wildman–Crippen LogP) is 2.31. The monoisotopic (exact) mass is 257 g/mol. The fourth-order valence-corrected chi connectivity index (χ4v) is 2.53. The van der Waals surface area contributed by atoms with E-state index >= 15 is 0 Å². The zero-order valence-corrected chi connectivity index (χ0v) is 10.5. The third kappa shape index (κ3) is 2.48. The zero-order valence-electron chi connectivity index (χ0n) is 9.73. The number of carbonyl (C=O) groups excluding carboxylic acids is 1. The Bertz CT molecular complexity index is 404. The summed E-state index contributed by atoms with van der Waals surface area (Å²) in [4.78, 5) is 13.7. The number of rotatable bonds is 2. The number of furan rings is 1. The molecule has 1 saturated carbocycles. The Kier molecular flexibility index (Phi) is 3.74. The van der Waals surface area contributed by atoms with Gasteiger partial charge in [-0.15, -0.1) is 0 Å². The van der Waals surface area contributed by atoms with Gasteiger partial charge in [-0.3, -0.25) is 4.79 Å². The van der Waals surface area contributed by atoms with Crippen LogP contribution in [-0.4, -0.2) is 35.1 Å². The zero-order chi connectivity index (χ0) is 12.4. The first-order valence-electron chi connectivity index (χ1n) is 5.79. The molecule has 0 aromatic carbocycles. The number of hydrogen-bond acceptors (Lipinski definition) is 3. The molecule has 0 radical (unpaired) electrons. The van der Waals surface area contributed by atoms with Crippen LogP contribution in [0.1, 0.15) is 36.0 Å². The normalized spacial score (nSPS) is 24.6. The maximum atomic E-state index is 12.1. The van der Waals surface area contributed by atoms with Crippen LogP contribution in [0.25, 0.3) is 0 Å². The summed E-state index contributed by atoms with van der Waals surface area (Å²) in [6, 6.07) is 1.43. The molecule has 2 rings (SSSR count). The summed E-state index contributed by atoms with van der Waals surface area (Å²) < 4.78 is 4.91. The molecular weight excluding hydrogens is 242 g/mol. The summed E-state index contributed by atoms with van der Waals surface area (Å²) in [5.41, 5.74) is 0.354. The van der Waals surface area contributed by atoms with Gasteiger partial charge in [0, 0.05) is 7.05 Å². The summed E-state index contributed by atoms with van der Waals surface area (Å²) in [5.74, 6) is -0.199. The van der Waals surface area contributed by atoms with E-state index < -0.39 is 6.10 Å². The fourth-order valence-electron chi connectivity index (χ4n) is 2.33. The van der Waals surface area contributed by atoms with E-state index in [9.17, 15) is 9.90 Å². The molecule has 1 heterocycles. The Hall–Kier alpha value is -1.00. The number of amides is 1. The van der Waals surface area contributed by atoms with Gasteiger partial charge in [-0.05, 0) is 30.5 Å². The van der Waals surface area contributed by atoms with E-state index in [0.717, 1.165) is 25.7 Å². The van der Waals surface area contributed by atoms with Crippen LogP contribution < -0.4 is 0 Å². The van der Waals surface area contributed by atoms with Gasteiger partial charge in [0.2, 0.25) is 5.22 Å². The van der Waals surface area contributed by atoms with Crippen molar-refractivity contribution in [3.63, 3.8) is 0 Å². The smallest absolute Gasteiger partial charge is 0.258 e. The van der Waals surface area contributed by atoms with Crippen LogP contribution in [-0.2, 0) is 0 Å². The minimum absolute atomic E-state index is 0.104. The molecule has 1 aliphatic carbocycles. The largest absolute Gasteiger partial charge is 0.452 e. The molecule has 17 heavy (non-hydrogen) atoms. The number of carbonyl (C=O) groups is 1. The van der Waals surface area contributed by atoms with Gasteiger partial charge < -0.3 is 14.4 Å². The summed E-state index contributed by atoms with van der Waals surface area (Å²) >= 11 is 5.78. The van der Waals surface area contributed by atoms with Crippen molar-refractivity contribution in [2.75, 3.05) is 7.05 Å². The Balaban J connectivity index is 2.11. The Morgan fingerprint density at radius 3 is 2.82 bits per heavy atom. The highest BCUT2D eigenvalue weighted by atomic mass is 35.5. The SMILES string of the molecule is CN(C(=O)c1ccoc1Cl)C1CCCCC1O. The van der Waals surface area contributed by atoms with Gasteiger partial charge in [0.1, 0.15) is 0 Å². The lowest BCUT2D eigenvalue weighted by Gasteiger charge is -2.35. The van der Waals surface area contributed by atoms with Crippen molar-refractivity contribution in [2.24, 2.45) is 0 Å². The van der Waals surface area contributed by atoms with E-state index in [1.54, 1.807) is 18.0 Å². The summed E-state index contributed by atoms with van der Waals surface area (Å²) in [6.07, 6.45) is 4.59. The Morgan fingerprint density at radius 2 is 2.24 bits per heavy atom. The second-order valence-corrected chi connectivity index (χ2v) is 4.79.